The molecule has 136 valence electrons. The van der Waals surface area contributed by atoms with Gasteiger partial charge in [0.1, 0.15) is 5.82 Å². The minimum absolute atomic E-state index is 0.0937. The molecule has 1 aliphatic rings. The Hall–Kier alpha value is -1.57. The minimum Gasteiger partial charge on any atom is -0.377 e. The van der Waals surface area contributed by atoms with Gasteiger partial charge in [-0.05, 0) is 50.4 Å². The van der Waals surface area contributed by atoms with E-state index in [4.69, 9.17) is 4.74 Å². The molecule has 7 heteroatoms. The van der Waals surface area contributed by atoms with Crippen LogP contribution in [0.1, 0.15) is 32.6 Å². The molecule has 3 rings (SSSR count). The van der Waals surface area contributed by atoms with Gasteiger partial charge in [0.15, 0.2) is 5.13 Å². The number of hydrogen-bond donors (Lipinski definition) is 1. The molecule has 1 aromatic carbocycles. The van der Waals surface area contributed by atoms with Crippen molar-refractivity contribution in [3.8, 4) is 0 Å². The van der Waals surface area contributed by atoms with E-state index < -0.39 is 0 Å². The topological polar surface area (TPSA) is 54.5 Å². The van der Waals surface area contributed by atoms with Crippen LogP contribution in [0.25, 0.3) is 10.2 Å². The van der Waals surface area contributed by atoms with Crippen molar-refractivity contribution in [2.24, 2.45) is 0 Å². The lowest BCUT2D eigenvalue weighted by atomic mass is 10.1. The summed E-state index contributed by atoms with van der Waals surface area (Å²) in [6.07, 6.45) is 4.59. The number of carbonyl (C=O) groups excluding carboxylic acids is 1. The van der Waals surface area contributed by atoms with Crippen LogP contribution in [0.15, 0.2) is 18.2 Å². The van der Waals surface area contributed by atoms with Crippen molar-refractivity contribution in [1.82, 2.24) is 9.88 Å². The number of nitrogens with zero attached hydrogens (tertiary/aromatic N) is 2. The van der Waals surface area contributed by atoms with Crippen LogP contribution in [0.2, 0.25) is 0 Å². The second-order valence-corrected chi connectivity index (χ2v) is 7.43. The Kier molecular flexibility index (Phi) is 6.34. The zero-order valence-electron chi connectivity index (χ0n) is 14.5. The van der Waals surface area contributed by atoms with Gasteiger partial charge in [0, 0.05) is 13.2 Å². The molecule has 1 amide bonds. The largest absolute Gasteiger partial charge is 0.377 e. The number of benzene rings is 1. The number of ether oxygens (including phenoxy) is 1. The summed E-state index contributed by atoms with van der Waals surface area (Å²) in [4.78, 5) is 18.9. The number of amides is 1. The Bertz CT molecular complexity index is 715. The molecule has 1 aliphatic heterocycles. The molecule has 5 nitrogen and oxygen atoms in total. The first-order valence-corrected chi connectivity index (χ1v) is 9.65. The zero-order valence-corrected chi connectivity index (χ0v) is 15.3. The summed E-state index contributed by atoms with van der Waals surface area (Å²) in [7, 11) is 0. The number of carbonyl (C=O) groups is 1. The van der Waals surface area contributed by atoms with Crippen molar-refractivity contribution >= 4 is 32.6 Å². The Balaban J connectivity index is 1.57. The first-order chi connectivity index (χ1) is 12.1. The molecule has 0 aliphatic carbocycles. The number of aromatic nitrogens is 1. The third-order valence-corrected chi connectivity index (χ3v) is 5.17. The van der Waals surface area contributed by atoms with Crippen LogP contribution in [0.5, 0.6) is 0 Å². The van der Waals surface area contributed by atoms with Crippen molar-refractivity contribution in [2.45, 2.75) is 38.7 Å². The van der Waals surface area contributed by atoms with Crippen LogP contribution in [0.3, 0.4) is 0 Å². The molecule has 1 fully saturated rings. The summed E-state index contributed by atoms with van der Waals surface area (Å²) >= 11 is 1.29. The van der Waals surface area contributed by atoms with E-state index in [0.717, 1.165) is 43.7 Å². The first kappa shape index (κ1) is 18.2. The van der Waals surface area contributed by atoms with E-state index in [0.29, 0.717) is 17.2 Å². The monoisotopic (exact) mass is 365 g/mol. The normalized spacial score (nSPS) is 18.0. The van der Waals surface area contributed by atoms with Crippen LogP contribution in [0.4, 0.5) is 9.52 Å². The van der Waals surface area contributed by atoms with Crippen molar-refractivity contribution < 1.29 is 13.9 Å². The lowest BCUT2D eigenvalue weighted by molar-refractivity contribution is -0.118. The Labute approximate surface area is 151 Å². The van der Waals surface area contributed by atoms with Crippen molar-refractivity contribution in [2.75, 3.05) is 31.6 Å². The van der Waals surface area contributed by atoms with Crippen LogP contribution >= 0.6 is 11.3 Å². The smallest absolute Gasteiger partial charge is 0.240 e. The molecule has 0 radical (unpaired) electrons. The second-order valence-electron chi connectivity index (χ2n) is 6.40. The average Bonchev–Trinajstić information content (AvgIpc) is 2.97. The van der Waals surface area contributed by atoms with E-state index in [2.05, 4.69) is 22.1 Å². The number of thiazole rings is 1. The number of halogens is 1. The molecule has 1 atom stereocenters. The van der Waals surface area contributed by atoms with Crippen molar-refractivity contribution in [3.63, 3.8) is 0 Å². The second kappa shape index (κ2) is 8.69. The summed E-state index contributed by atoms with van der Waals surface area (Å²) in [5.41, 5.74) is 0.697. The molecule has 25 heavy (non-hydrogen) atoms. The summed E-state index contributed by atoms with van der Waals surface area (Å²) in [6.45, 7) is 4.89. The van der Waals surface area contributed by atoms with E-state index >= 15 is 0 Å². The van der Waals surface area contributed by atoms with E-state index in [1.54, 1.807) is 6.07 Å². The molecule has 2 aromatic rings. The van der Waals surface area contributed by atoms with Gasteiger partial charge in [0.2, 0.25) is 5.91 Å². The predicted molar refractivity (Wildman–Crippen MR) is 98.5 cm³/mol. The Morgan fingerprint density at radius 3 is 3.12 bits per heavy atom. The number of anilines is 1. The number of rotatable bonds is 7. The molecular formula is C18H24FN3O2S. The van der Waals surface area contributed by atoms with Gasteiger partial charge in [-0.15, -0.1) is 0 Å². The average molecular weight is 365 g/mol. The molecule has 1 unspecified atom stereocenters. The molecule has 1 aromatic heterocycles. The van der Waals surface area contributed by atoms with E-state index in [-0.39, 0.29) is 17.8 Å². The van der Waals surface area contributed by atoms with Gasteiger partial charge in [-0.3, -0.25) is 9.69 Å². The van der Waals surface area contributed by atoms with Gasteiger partial charge >= 0.3 is 0 Å². The summed E-state index contributed by atoms with van der Waals surface area (Å²) < 4.78 is 19.8. The van der Waals surface area contributed by atoms with Gasteiger partial charge in [-0.25, -0.2) is 9.37 Å². The number of hydrogen-bond acceptors (Lipinski definition) is 5. The highest BCUT2D eigenvalue weighted by molar-refractivity contribution is 7.22. The first-order valence-electron chi connectivity index (χ1n) is 8.84. The lowest BCUT2D eigenvalue weighted by Gasteiger charge is -2.29. The Morgan fingerprint density at radius 2 is 2.36 bits per heavy atom. The molecule has 0 spiro atoms. The van der Waals surface area contributed by atoms with E-state index in [9.17, 15) is 9.18 Å². The molecule has 0 bridgehead atoms. The highest BCUT2D eigenvalue weighted by Gasteiger charge is 2.19. The van der Waals surface area contributed by atoms with Crippen LogP contribution < -0.4 is 5.32 Å². The quantitative estimate of drug-likeness (QED) is 0.814. The Morgan fingerprint density at radius 1 is 1.48 bits per heavy atom. The fourth-order valence-electron chi connectivity index (χ4n) is 3.10. The molecule has 2 heterocycles. The summed E-state index contributed by atoms with van der Waals surface area (Å²) in [5.74, 6) is -0.389. The van der Waals surface area contributed by atoms with Crippen molar-refractivity contribution in [3.05, 3.63) is 24.0 Å². The number of nitrogens with one attached hydrogen (secondary N) is 1. The van der Waals surface area contributed by atoms with Gasteiger partial charge in [0.05, 0.1) is 22.9 Å². The predicted octanol–water partition coefficient (Wildman–Crippen LogP) is 3.66. The summed E-state index contributed by atoms with van der Waals surface area (Å²) in [5, 5.41) is 3.35. The molecule has 1 saturated heterocycles. The fourth-order valence-corrected chi connectivity index (χ4v) is 4.01. The van der Waals surface area contributed by atoms with Gasteiger partial charge < -0.3 is 10.1 Å². The summed E-state index contributed by atoms with van der Waals surface area (Å²) in [6, 6.07) is 4.44. The lowest BCUT2D eigenvalue weighted by Crippen LogP contribution is -2.40. The fraction of sp³-hybridized carbons (Fsp3) is 0.556. The maximum Gasteiger partial charge on any atom is 0.240 e. The minimum atomic E-state index is -0.296. The number of fused-ring (bicyclic) bond motifs is 1. The highest BCUT2D eigenvalue weighted by atomic mass is 32.1. The maximum absolute atomic E-state index is 13.3. The molecule has 0 saturated carbocycles. The van der Waals surface area contributed by atoms with Crippen LogP contribution in [-0.2, 0) is 9.53 Å². The standard InChI is InChI=1S/C18H24FN3O2S/c1-2-8-22(11-14-5-3-4-9-24-14)12-17(23)21-18-20-15-7-6-13(19)10-16(15)25-18/h6-7,10,14H,2-5,8-9,11-12H2,1H3,(H,20,21,23). The SMILES string of the molecule is CCCN(CC(=O)Nc1nc2ccc(F)cc2s1)CC1CCCCO1. The van der Waals surface area contributed by atoms with Gasteiger partial charge in [0.25, 0.3) is 0 Å². The third-order valence-electron chi connectivity index (χ3n) is 4.24. The van der Waals surface area contributed by atoms with Crippen LogP contribution in [0, 0.1) is 5.82 Å². The molecular weight excluding hydrogens is 341 g/mol. The van der Waals surface area contributed by atoms with Gasteiger partial charge in [-0.1, -0.05) is 18.3 Å². The zero-order chi connectivity index (χ0) is 17.6. The van der Waals surface area contributed by atoms with Gasteiger partial charge in [-0.2, -0.15) is 0 Å². The van der Waals surface area contributed by atoms with Crippen LogP contribution in [-0.4, -0.2) is 48.1 Å². The molecule has 1 N–H and O–H groups in total. The van der Waals surface area contributed by atoms with E-state index in [1.165, 1.54) is 29.9 Å². The third kappa shape index (κ3) is 5.20. The van der Waals surface area contributed by atoms with Crippen molar-refractivity contribution in [1.29, 1.82) is 0 Å². The highest BCUT2D eigenvalue weighted by Crippen LogP contribution is 2.26. The van der Waals surface area contributed by atoms with E-state index in [1.807, 2.05) is 0 Å². The maximum atomic E-state index is 13.3.